The largest absolute Gasteiger partial charge is 0.384 e. The number of rotatable bonds is 4. The number of halogens is 2. The molecule has 4 heteroatoms. The van der Waals surface area contributed by atoms with Gasteiger partial charge in [-0.15, -0.1) is 11.6 Å². The van der Waals surface area contributed by atoms with Gasteiger partial charge in [-0.25, -0.2) is 0 Å². The molecular weight excluding hydrogens is 269 g/mol. The van der Waals surface area contributed by atoms with Crippen molar-refractivity contribution in [2.75, 3.05) is 31.7 Å². The third-order valence-electron chi connectivity index (χ3n) is 3.45. The van der Waals surface area contributed by atoms with Gasteiger partial charge in [0.25, 0.3) is 0 Å². The van der Waals surface area contributed by atoms with E-state index in [0.717, 1.165) is 30.3 Å². The summed E-state index contributed by atoms with van der Waals surface area (Å²) in [5.41, 5.74) is 2.33. The van der Waals surface area contributed by atoms with Crippen LogP contribution in [0.1, 0.15) is 18.4 Å². The number of hydrogen-bond acceptors (Lipinski definition) is 2. The van der Waals surface area contributed by atoms with Crippen LogP contribution in [0.5, 0.6) is 0 Å². The first-order valence-corrected chi connectivity index (χ1v) is 7.24. The highest BCUT2D eigenvalue weighted by Gasteiger charge is 2.21. The van der Waals surface area contributed by atoms with E-state index in [0.29, 0.717) is 11.8 Å². The minimum Gasteiger partial charge on any atom is -0.384 e. The van der Waals surface area contributed by atoms with Crippen LogP contribution in [0.2, 0.25) is 5.02 Å². The Balaban J connectivity index is 2.15. The van der Waals surface area contributed by atoms with E-state index in [1.165, 1.54) is 18.5 Å². The van der Waals surface area contributed by atoms with Gasteiger partial charge in [-0.1, -0.05) is 11.6 Å². The fourth-order valence-corrected chi connectivity index (χ4v) is 3.03. The Morgan fingerprint density at radius 1 is 1.44 bits per heavy atom. The van der Waals surface area contributed by atoms with Crippen molar-refractivity contribution in [3.05, 3.63) is 28.8 Å². The van der Waals surface area contributed by atoms with Crippen molar-refractivity contribution >= 4 is 28.9 Å². The predicted octanol–water partition coefficient (Wildman–Crippen LogP) is 3.94. The van der Waals surface area contributed by atoms with E-state index in [4.69, 9.17) is 27.9 Å². The average Bonchev–Trinajstić information content (AvgIpc) is 2.39. The lowest BCUT2D eigenvalue weighted by Crippen LogP contribution is -2.37. The number of hydrogen-bond donors (Lipinski definition) is 0. The normalized spacial score (nSPS) is 20.2. The average molecular weight is 288 g/mol. The molecule has 1 saturated heterocycles. The number of anilines is 1. The zero-order valence-electron chi connectivity index (χ0n) is 10.7. The SMILES string of the molecule is COCC1CCCN(c2ccc(Cl)cc2CCl)C1. The van der Waals surface area contributed by atoms with Gasteiger partial charge in [0.1, 0.15) is 0 Å². The second kappa shape index (κ2) is 6.65. The van der Waals surface area contributed by atoms with Crippen molar-refractivity contribution < 1.29 is 4.74 Å². The van der Waals surface area contributed by atoms with Crippen LogP contribution in [0.25, 0.3) is 0 Å². The van der Waals surface area contributed by atoms with E-state index in [1.807, 2.05) is 12.1 Å². The van der Waals surface area contributed by atoms with Gasteiger partial charge in [-0.3, -0.25) is 0 Å². The molecule has 0 aliphatic carbocycles. The van der Waals surface area contributed by atoms with E-state index in [1.54, 1.807) is 7.11 Å². The molecule has 0 radical (unpaired) electrons. The van der Waals surface area contributed by atoms with Crippen molar-refractivity contribution in [3.63, 3.8) is 0 Å². The molecule has 0 aromatic heterocycles. The summed E-state index contributed by atoms with van der Waals surface area (Å²) in [6, 6.07) is 5.98. The lowest BCUT2D eigenvalue weighted by molar-refractivity contribution is 0.143. The van der Waals surface area contributed by atoms with E-state index >= 15 is 0 Å². The van der Waals surface area contributed by atoms with Crippen LogP contribution in [0.4, 0.5) is 5.69 Å². The highest BCUT2D eigenvalue weighted by atomic mass is 35.5. The molecule has 2 nitrogen and oxygen atoms in total. The Hall–Kier alpha value is -0.440. The smallest absolute Gasteiger partial charge is 0.0507 e. The van der Waals surface area contributed by atoms with Gasteiger partial charge >= 0.3 is 0 Å². The lowest BCUT2D eigenvalue weighted by atomic mass is 9.98. The van der Waals surface area contributed by atoms with Crippen molar-refractivity contribution in [1.29, 1.82) is 0 Å². The van der Waals surface area contributed by atoms with Crippen LogP contribution in [-0.4, -0.2) is 26.8 Å². The zero-order chi connectivity index (χ0) is 13.0. The molecule has 1 aliphatic rings. The summed E-state index contributed by atoms with van der Waals surface area (Å²) in [4.78, 5) is 2.40. The summed E-state index contributed by atoms with van der Waals surface area (Å²) in [5.74, 6) is 1.11. The molecule has 1 aliphatic heterocycles. The second-order valence-electron chi connectivity index (χ2n) is 4.82. The first-order chi connectivity index (χ1) is 8.74. The van der Waals surface area contributed by atoms with E-state index in [9.17, 15) is 0 Å². The van der Waals surface area contributed by atoms with E-state index < -0.39 is 0 Å². The maximum atomic E-state index is 6.02. The standard InChI is InChI=1S/C14H19Cl2NO/c1-18-10-11-3-2-6-17(9-11)14-5-4-13(16)7-12(14)8-15/h4-5,7,11H,2-3,6,8-10H2,1H3. The van der Waals surface area contributed by atoms with Crippen molar-refractivity contribution in [1.82, 2.24) is 0 Å². The third-order valence-corrected chi connectivity index (χ3v) is 3.97. The minimum absolute atomic E-state index is 0.501. The van der Waals surface area contributed by atoms with Crippen LogP contribution in [0.15, 0.2) is 18.2 Å². The summed E-state index contributed by atoms with van der Waals surface area (Å²) >= 11 is 12.0. The molecule has 0 saturated carbocycles. The van der Waals surface area contributed by atoms with Crippen molar-refractivity contribution in [3.8, 4) is 0 Å². The van der Waals surface area contributed by atoms with E-state index in [2.05, 4.69) is 11.0 Å². The van der Waals surface area contributed by atoms with Gasteiger partial charge < -0.3 is 9.64 Å². The fraction of sp³-hybridized carbons (Fsp3) is 0.571. The second-order valence-corrected chi connectivity index (χ2v) is 5.52. The molecule has 0 bridgehead atoms. The first-order valence-electron chi connectivity index (χ1n) is 6.33. The molecule has 100 valence electrons. The summed E-state index contributed by atoms with van der Waals surface area (Å²) in [6.45, 7) is 2.96. The number of alkyl halides is 1. The Morgan fingerprint density at radius 3 is 3.00 bits per heavy atom. The van der Waals surface area contributed by atoms with Crippen LogP contribution in [0, 0.1) is 5.92 Å². The molecule has 0 N–H and O–H groups in total. The maximum Gasteiger partial charge on any atom is 0.0507 e. The highest BCUT2D eigenvalue weighted by Crippen LogP contribution is 2.29. The number of nitrogens with zero attached hydrogens (tertiary/aromatic N) is 1. The molecule has 0 amide bonds. The number of ether oxygens (including phenoxy) is 1. The van der Waals surface area contributed by atoms with Crippen molar-refractivity contribution in [2.45, 2.75) is 18.7 Å². The van der Waals surface area contributed by atoms with E-state index in [-0.39, 0.29) is 0 Å². The van der Waals surface area contributed by atoms with Gasteiger partial charge in [0.15, 0.2) is 0 Å². The summed E-state index contributed by atoms with van der Waals surface area (Å²) in [6.07, 6.45) is 2.45. The van der Waals surface area contributed by atoms with Gasteiger partial charge in [0.2, 0.25) is 0 Å². The van der Waals surface area contributed by atoms with Gasteiger partial charge in [-0.2, -0.15) is 0 Å². The summed E-state index contributed by atoms with van der Waals surface area (Å²) in [5, 5.41) is 0.750. The maximum absolute atomic E-state index is 6.02. The predicted molar refractivity (Wildman–Crippen MR) is 77.8 cm³/mol. The molecule has 1 aromatic carbocycles. The van der Waals surface area contributed by atoms with Crippen LogP contribution >= 0.6 is 23.2 Å². The quantitative estimate of drug-likeness (QED) is 0.778. The highest BCUT2D eigenvalue weighted by molar-refractivity contribution is 6.30. The molecule has 0 spiro atoms. The van der Waals surface area contributed by atoms with Gasteiger partial charge in [0.05, 0.1) is 6.61 Å². The Labute approximate surface area is 119 Å². The molecule has 2 rings (SSSR count). The topological polar surface area (TPSA) is 12.5 Å². The number of benzene rings is 1. The number of piperidine rings is 1. The minimum atomic E-state index is 0.501. The van der Waals surface area contributed by atoms with Crippen LogP contribution < -0.4 is 4.90 Å². The zero-order valence-corrected chi connectivity index (χ0v) is 12.2. The molecular formula is C14H19Cl2NO. The first kappa shape index (κ1) is 14.0. The molecule has 1 aromatic rings. The monoisotopic (exact) mass is 287 g/mol. The van der Waals surface area contributed by atoms with Crippen LogP contribution in [-0.2, 0) is 10.6 Å². The van der Waals surface area contributed by atoms with Crippen molar-refractivity contribution in [2.24, 2.45) is 5.92 Å². The molecule has 1 fully saturated rings. The molecule has 18 heavy (non-hydrogen) atoms. The lowest BCUT2D eigenvalue weighted by Gasteiger charge is -2.35. The van der Waals surface area contributed by atoms with Crippen LogP contribution in [0.3, 0.4) is 0 Å². The Bertz CT molecular complexity index is 395. The third kappa shape index (κ3) is 3.31. The molecule has 1 heterocycles. The van der Waals surface area contributed by atoms with Gasteiger partial charge in [-0.05, 0) is 42.5 Å². The molecule has 1 atom stereocenters. The summed E-state index contributed by atoms with van der Waals surface area (Å²) in [7, 11) is 1.77. The van der Waals surface area contributed by atoms with Gasteiger partial charge in [0, 0.05) is 36.8 Å². The Kier molecular flexibility index (Phi) is 5.16. The molecule has 1 unspecified atom stereocenters. The fourth-order valence-electron chi connectivity index (χ4n) is 2.63. The summed E-state index contributed by atoms with van der Waals surface area (Å²) < 4.78 is 5.27. The number of methoxy groups -OCH3 is 1. The Morgan fingerprint density at radius 2 is 2.28 bits per heavy atom.